The van der Waals surface area contributed by atoms with E-state index in [1.807, 2.05) is 0 Å². The summed E-state index contributed by atoms with van der Waals surface area (Å²) in [7, 11) is 2.86. The molecule has 0 saturated heterocycles. The molecular weight excluding hydrogens is 200 g/mol. The molecule has 0 atom stereocenters. The second-order valence-corrected chi connectivity index (χ2v) is 2.83. The van der Waals surface area contributed by atoms with E-state index >= 15 is 0 Å². The van der Waals surface area contributed by atoms with Gasteiger partial charge in [0.2, 0.25) is 0 Å². The van der Waals surface area contributed by atoms with Crippen molar-refractivity contribution in [1.29, 1.82) is 0 Å². The lowest BCUT2D eigenvalue weighted by Crippen LogP contribution is -2.04. The van der Waals surface area contributed by atoms with E-state index in [4.69, 9.17) is 19.7 Å². The Kier molecular flexibility index (Phi) is 3.51. The summed E-state index contributed by atoms with van der Waals surface area (Å²) in [5.41, 5.74) is 0.301. The van der Waals surface area contributed by atoms with Crippen LogP contribution in [0, 0.1) is 0 Å². The summed E-state index contributed by atoms with van der Waals surface area (Å²) in [6, 6.07) is 2.77. The summed E-state index contributed by atoms with van der Waals surface area (Å²) in [4.78, 5) is 10.8. The molecule has 0 heterocycles. The molecule has 0 unspecified atom stereocenters. The fraction of sp³-hybridized carbons (Fsp3) is 0.300. The highest BCUT2D eigenvalue weighted by molar-refractivity contribution is 5.90. The van der Waals surface area contributed by atoms with Crippen molar-refractivity contribution in [3.63, 3.8) is 0 Å². The number of aromatic carboxylic acids is 1. The number of aliphatic hydroxyl groups excluding tert-OH is 1. The Morgan fingerprint density at radius 1 is 1.27 bits per heavy atom. The molecule has 0 aliphatic heterocycles. The molecule has 1 aromatic carbocycles. The van der Waals surface area contributed by atoms with Gasteiger partial charge in [-0.2, -0.15) is 0 Å². The van der Waals surface area contributed by atoms with Crippen molar-refractivity contribution >= 4 is 5.97 Å². The lowest BCUT2D eigenvalue weighted by molar-refractivity contribution is 0.0693. The molecule has 1 aromatic rings. The van der Waals surface area contributed by atoms with E-state index in [1.165, 1.54) is 26.4 Å². The predicted molar refractivity (Wildman–Crippen MR) is 52.4 cm³/mol. The zero-order valence-electron chi connectivity index (χ0n) is 8.48. The molecule has 0 spiro atoms. The normalized spacial score (nSPS) is 9.80. The number of benzene rings is 1. The molecule has 5 nitrogen and oxygen atoms in total. The van der Waals surface area contributed by atoms with Crippen molar-refractivity contribution in [3.05, 3.63) is 23.3 Å². The van der Waals surface area contributed by atoms with Crippen molar-refractivity contribution in [2.24, 2.45) is 0 Å². The number of ether oxygens (including phenoxy) is 2. The van der Waals surface area contributed by atoms with Crippen LogP contribution in [0.3, 0.4) is 0 Å². The zero-order chi connectivity index (χ0) is 11.4. The number of carbonyl (C=O) groups is 1. The van der Waals surface area contributed by atoms with Gasteiger partial charge in [-0.3, -0.25) is 0 Å². The molecule has 0 aromatic heterocycles. The number of carboxylic acid groups (broad SMARTS) is 1. The standard InChI is InChI=1S/C10H12O5/c1-14-8-3-6(5-11)7(10(12)13)4-9(8)15-2/h3-4,11H,5H2,1-2H3,(H,12,13). The van der Waals surface area contributed by atoms with Crippen LogP contribution in [0.15, 0.2) is 12.1 Å². The highest BCUT2D eigenvalue weighted by Crippen LogP contribution is 2.30. The number of hydrogen-bond acceptors (Lipinski definition) is 4. The van der Waals surface area contributed by atoms with Crippen molar-refractivity contribution in [1.82, 2.24) is 0 Å². The Morgan fingerprint density at radius 2 is 1.80 bits per heavy atom. The molecule has 0 aliphatic carbocycles. The van der Waals surface area contributed by atoms with Crippen LogP contribution in [-0.2, 0) is 6.61 Å². The molecule has 0 amide bonds. The van der Waals surface area contributed by atoms with E-state index in [9.17, 15) is 4.79 Å². The molecule has 0 saturated carbocycles. The maximum atomic E-state index is 10.8. The fourth-order valence-corrected chi connectivity index (χ4v) is 1.25. The van der Waals surface area contributed by atoms with Gasteiger partial charge in [0.25, 0.3) is 0 Å². The monoisotopic (exact) mass is 212 g/mol. The van der Waals surface area contributed by atoms with Crippen LogP contribution in [0.5, 0.6) is 11.5 Å². The van der Waals surface area contributed by atoms with E-state index in [0.717, 1.165) is 0 Å². The lowest BCUT2D eigenvalue weighted by atomic mass is 10.1. The van der Waals surface area contributed by atoms with Crippen molar-refractivity contribution in [2.45, 2.75) is 6.61 Å². The molecule has 82 valence electrons. The van der Waals surface area contributed by atoms with Crippen LogP contribution in [0.25, 0.3) is 0 Å². The summed E-state index contributed by atoms with van der Waals surface area (Å²) < 4.78 is 9.94. The van der Waals surface area contributed by atoms with E-state index in [-0.39, 0.29) is 12.2 Å². The maximum absolute atomic E-state index is 10.8. The molecule has 0 bridgehead atoms. The largest absolute Gasteiger partial charge is 0.493 e. The summed E-state index contributed by atoms with van der Waals surface area (Å²) in [6.45, 7) is -0.359. The van der Waals surface area contributed by atoms with Gasteiger partial charge >= 0.3 is 5.97 Å². The first kappa shape index (κ1) is 11.3. The Hall–Kier alpha value is -1.75. The number of carboxylic acids is 1. The molecule has 1 rings (SSSR count). The zero-order valence-corrected chi connectivity index (χ0v) is 8.48. The van der Waals surface area contributed by atoms with Crippen molar-refractivity contribution in [3.8, 4) is 11.5 Å². The second-order valence-electron chi connectivity index (χ2n) is 2.83. The topological polar surface area (TPSA) is 76.0 Å². The Morgan fingerprint density at radius 3 is 2.20 bits per heavy atom. The molecule has 15 heavy (non-hydrogen) atoms. The van der Waals surface area contributed by atoms with Crippen LogP contribution in [0.1, 0.15) is 15.9 Å². The van der Waals surface area contributed by atoms with Crippen LogP contribution < -0.4 is 9.47 Å². The lowest BCUT2D eigenvalue weighted by Gasteiger charge is -2.11. The molecule has 0 aliphatic rings. The minimum absolute atomic E-state index is 0.00940. The van der Waals surface area contributed by atoms with Crippen LogP contribution in [0.2, 0.25) is 0 Å². The first-order chi connectivity index (χ1) is 7.13. The minimum atomic E-state index is -1.11. The number of methoxy groups -OCH3 is 2. The van der Waals surface area contributed by atoms with Gasteiger partial charge in [0.1, 0.15) is 0 Å². The van der Waals surface area contributed by atoms with Gasteiger partial charge in [-0.1, -0.05) is 0 Å². The summed E-state index contributed by atoms with van der Waals surface area (Å²) >= 11 is 0. The van der Waals surface area contributed by atoms with Crippen LogP contribution in [0.4, 0.5) is 0 Å². The smallest absolute Gasteiger partial charge is 0.336 e. The summed E-state index contributed by atoms with van der Waals surface area (Å²) in [5.74, 6) is -0.390. The van der Waals surface area contributed by atoms with Gasteiger partial charge in [0.05, 0.1) is 26.4 Å². The van der Waals surface area contributed by atoms with Crippen LogP contribution >= 0.6 is 0 Å². The Bertz CT molecular complexity index is 372. The third-order valence-electron chi connectivity index (χ3n) is 2.01. The van der Waals surface area contributed by atoms with E-state index in [1.54, 1.807) is 0 Å². The van der Waals surface area contributed by atoms with E-state index < -0.39 is 5.97 Å². The van der Waals surface area contributed by atoms with Gasteiger partial charge in [-0.05, 0) is 17.7 Å². The molecular formula is C10H12O5. The summed E-state index contributed by atoms with van der Waals surface area (Å²) in [5, 5.41) is 17.9. The third-order valence-corrected chi connectivity index (χ3v) is 2.01. The highest BCUT2D eigenvalue weighted by atomic mass is 16.5. The Labute approximate surface area is 86.9 Å². The molecule has 2 N–H and O–H groups in total. The number of hydrogen-bond donors (Lipinski definition) is 2. The SMILES string of the molecule is COc1cc(CO)c(C(=O)O)cc1OC. The maximum Gasteiger partial charge on any atom is 0.336 e. The van der Waals surface area contributed by atoms with Crippen LogP contribution in [-0.4, -0.2) is 30.4 Å². The van der Waals surface area contributed by atoms with Gasteiger partial charge < -0.3 is 19.7 Å². The van der Waals surface area contributed by atoms with Gasteiger partial charge in [0.15, 0.2) is 11.5 Å². The first-order valence-corrected chi connectivity index (χ1v) is 4.23. The highest BCUT2D eigenvalue weighted by Gasteiger charge is 2.15. The minimum Gasteiger partial charge on any atom is -0.493 e. The average molecular weight is 212 g/mol. The number of rotatable bonds is 4. The second kappa shape index (κ2) is 4.65. The Balaban J connectivity index is 3.34. The third kappa shape index (κ3) is 2.19. The summed E-state index contributed by atoms with van der Waals surface area (Å²) in [6.07, 6.45) is 0. The fourth-order valence-electron chi connectivity index (χ4n) is 1.25. The van der Waals surface area contributed by atoms with Crippen molar-refractivity contribution < 1.29 is 24.5 Å². The predicted octanol–water partition coefficient (Wildman–Crippen LogP) is 0.894. The van der Waals surface area contributed by atoms with E-state index in [0.29, 0.717) is 17.1 Å². The van der Waals surface area contributed by atoms with Crippen molar-refractivity contribution in [2.75, 3.05) is 14.2 Å². The van der Waals surface area contributed by atoms with Gasteiger partial charge in [-0.15, -0.1) is 0 Å². The molecule has 5 heteroatoms. The average Bonchev–Trinajstić information content (AvgIpc) is 2.26. The molecule has 0 fully saturated rings. The van der Waals surface area contributed by atoms with Gasteiger partial charge in [-0.25, -0.2) is 4.79 Å². The van der Waals surface area contributed by atoms with E-state index in [2.05, 4.69) is 0 Å². The number of aliphatic hydroxyl groups is 1. The van der Waals surface area contributed by atoms with Gasteiger partial charge in [0, 0.05) is 0 Å². The molecule has 0 radical (unpaired) electrons. The quantitative estimate of drug-likeness (QED) is 0.775. The first-order valence-electron chi connectivity index (χ1n) is 4.23.